The molecule has 0 amide bonds. The van der Waals surface area contributed by atoms with E-state index in [1.807, 2.05) is 61.5 Å². The average Bonchev–Trinajstić information content (AvgIpc) is 3.34. The highest BCUT2D eigenvalue weighted by Gasteiger charge is 2.33. The quantitative estimate of drug-likeness (QED) is 0.193. The summed E-state index contributed by atoms with van der Waals surface area (Å²) < 4.78 is 19.9. The number of carbonyl (C=O) groups excluding carboxylic acids is 2. The first-order chi connectivity index (χ1) is 21.2. The topological polar surface area (TPSA) is 96.2 Å². The number of allylic oxidation sites excluding steroid dienone is 1. The van der Waals surface area contributed by atoms with E-state index in [1.165, 1.54) is 18.4 Å². The smallest absolute Gasteiger partial charge is 0.338 e. The van der Waals surface area contributed by atoms with Gasteiger partial charge in [0.2, 0.25) is 0 Å². The molecule has 1 aliphatic heterocycles. The maximum atomic E-state index is 14.1. The van der Waals surface area contributed by atoms with Crippen LogP contribution < -0.4 is 19.6 Å². The Morgan fingerprint density at radius 2 is 1.75 bits per heavy atom. The summed E-state index contributed by atoms with van der Waals surface area (Å²) in [5, 5.41) is 0. The number of thiazole rings is 1. The molecule has 0 aliphatic carbocycles. The van der Waals surface area contributed by atoms with E-state index in [4.69, 9.17) is 19.2 Å². The van der Waals surface area contributed by atoms with Crippen molar-refractivity contribution in [3.05, 3.63) is 129 Å². The normalized spacial score (nSPS) is 14.6. The van der Waals surface area contributed by atoms with Crippen molar-refractivity contribution >= 4 is 61.2 Å². The minimum atomic E-state index is -0.681. The first-order valence-electron chi connectivity index (χ1n) is 13.8. The molecule has 226 valence electrons. The number of benzene rings is 3. The first-order valence-corrected chi connectivity index (χ1v) is 16.2. The summed E-state index contributed by atoms with van der Waals surface area (Å²) in [6.45, 7) is 4.22. The molecule has 0 radical (unpaired) electrons. The maximum absolute atomic E-state index is 14.1. The van der Waals surface area contributed by atoms with Gasteiger partial charge in [0.1, 0.15) is 12.4 Å². The van der Waals surface area contributed by atoms with Gasteiger partial charge in [0.05, 0.1) is 45.6 Å². The van der Waals surface area contributed by atoms with Crippen LogP contribution in [0.4, 0.5) is 0 Å². The third-order valence-corrected chi connectivity index (χ3v) is 8.97. The lowest BCUT2D eigenvalue weighted by atomic mass is 9.95. The molecular weight excluding hydrogens is 712 g/mol. The van der Waals surface area contributed by atoms with E-state index >= 15 is 0 Å². The van der Waals surface area contributed by atoms with Gasteiger partial charge in [0, 0.05) is 10.0 Å². The molecule has 0 unspecified atom stereocenters. The van der Waals surface area contributed by atoms with Crippen molar-refractivity contribution in [1.82, 2.24) is 4.57 Å². The molecule has 1 aromatic heterocycles. The molecule has 0 spiro atoms. The lowest BCUT2D eigenvalue weighted by Crippen LogP contribution is -2.40. The Labute approximate surface area is 274 Å². The summed E-state index contributed by atoms with van der Waals surface area (Å²) in [5.74, 6) is -0.355. The van der Waals surface area contributed by atoms with Gasteiger partial charge >= 0.3 is 11.9 Å². The van der Waals surface area contributed by atoms with Gasteiger partial charge in [-0.05, 0) is 70.7 Å². The number of fused-ring (bicyclic) bond motifs is 1. The number of halogens is 2. The first kappa shape index (κ1) is 31.6. The standard InChI is InChI=1S/C33H28Br2N2O6S/c1-4-25-27(32(40)41-3)28(20-9-7-6-8-10-20)37-30(38)26(44-33(37)36-25)16-22-15-23(34)17-24(35)29(22)43-18-19-11-13-21(14-12-19)31(39)42-5-2/h6-17,28H,4-5,18H2,1-3H3/b26-16+/t28-/m1/s1. The number of ether oxygens (including phenoxy) is 3. The third kappa shape index (κ3) is 6.50. The van der Waals surface area contributed by atoms with Crippen LogP contribution in [0.1, 0.15) is 53.4 Å². The molecule has 1 aliphatic rings. The van der Waals surface area contributed by atoms with Gasteiger partial charge in [0.25, 0.3) is 5.56 Å². The van der Waals surface area contributed by atoms with Crippen molar-refractivity contribution in [3.63, 3.8) is 0 Å². The van der Waals surface area contributed by atoms with Crippen molar-refractivity contribution in [2.45, 2.75) is 32.9 Å². The van der Waals surface area contributed by atoms with Crippen molar-refractivity contribution in [1.29, 1.82) is 0 Å². The summed E-state index contributed by atoms with van der Waals surface area (Å²) in [6.07, 6.45) is 2.27. The van der Waals surface area contributed by atoms with E-state index < -0.39 is 12.0 Å². The van der Waals surface area contributed by atoms with Crippen LogP contribution in [-0.2, 0) is 20.9 Å². The molecular formula is C33H28Br2N2O6S. The Morgan fingerprint density at radius 3 is 2.41 bits per heavy atom. The van der Waals surface area contributed by atoms with Gasteiger partial charge in [-0.2, -0.15) is 0 Å². The van der Waals surface area contributed by atoms with Crippen LogP contribution >= 0.6 is 43.2 Å². The summed E-state index contributed by atoms with van der Waals surface area (Å²) in [4.78, 5) is 44.3. The van der Waals surface area contributed by atoms with Crippen LogP contribution in [0, 0.1) is 0 Å². The van der Waals surface area contributed by atoms with Gasteiger partial charge in [-0.3, -0.25) is 9.36 Å². The molecule has 4 aromatic rings. The highest BCUT2D eigenvalue weighted by Crippen LogP contribution is 2.35. The van der Waals surface area contributed by atoms with Gasteiger partial charge in [-0.1, -0.05) is 76.7 Å². The summed E-state index contributed by atoms with van der Waals surface area (Å²) in [6, 6.07) is 19.5. The molecule has 0 N–H and O–H groups in total. The Balaban J connectivity index is 1.57. The molecule has 8 nitrogen and oxygen atoms in total. The lowest BCUT2D eigenvalue weighted by Gasteiger charge is -2.25. The highest BCUT2D eigenvalue weighted by molar-refractivity contribution is 9.11. The van der Waals surface area contributed by atoms with Gasteiger partial charge in [-0.25, -0.2) is 14.6 Å². The average molecular weight is 740 g/mol. The van der Waals surface area contributed by atoms with Crippen LogP contribution in [0.25, 0.3) is 6.08 Å². The second-order valence-electron chi connectivity index (χ2n) is 9.71. The molecule has 0 fully saturated rings. The van der Waals surface area contributed by atoms with Crippen molar-refractivity contribution < 1.29 is 23.8 Å². The molecule has 0 saturated carbocycles. The Morgan fingerprint density at radius 1 is 1.02 bits per heavy atom. The SMILES string of the molecule is CCOC(=O)c1ccc(COc2c(Br)cc(Br)cc2/C=c2/sc3n(c2=O)[C@H](c2ccccc2)C(C(=O)OC)=C(CC)N=3)cc1. The lowest BCUT2D eigenvalue weighted by molar-refractivity contribution is -0.136. The van der Waals surface area contributed by atoms with Gasteiger partial charge in [0.15, 0.2) is 4.80 Å². The zero-order chi connectivity index (χ0) is 31.4. The molecule has 0 bridgehead atoms. The number of nitrogens with zero attached hydrogens (tertiary/aromatic N) is 2. The number of methoxy groups -OCH3 is 1. The Hall–Kier alpha value is -3.80. The minimum absolute atomic E-state index is 0.224. The Kier molecular flexibility index (Phi) is 9.97. The molecule has 2 heterocycles. The van der Waals surface area contributed by atoms with Crippen LogP contribution in [0.2, 0.25) is 0 Å². The molecule has 44 heavy (non-hydrogen) atoms. The molecule has 1 atom stereocenters. The number of rotatable bonds is 9. The van der Waals surface area contributed by atoms with E-state index in [-0.39, 0.29) is 18.1 Å². The maximum Gasteiger partial charge on any atom is 0.338 e. The summed E-state index contributed by atoms with van der Waals surface area (Å²) in [7, 11) is 1.33. The van der Waals surface area contributed by atoms with E-state index in [1.54, 1.807) is 29.7 Å². The molecule has 11 heteroatoms. The van der Waals surface area contributed by atoms with Crippen molar-refractivity contribution in [2.75, 3.05) is 13.7 Å². The van der Waals surface area contributed by atoms with Gasteiger partial charge < -0.3 is 14.2 Å². The third-order valence-electron chi connectivity index (χ3n) is 6.94. The van der Waals surface area contributed by atoms with Crippen LogP contribution in [-0.4, -0.2) is 30.2 Å². The van der Waals surface area contributed by atoms with Crippen molar-refractivity contribution in [2.24, 2.45) is 4.99 Å². The van der Waals surface area contributed by atoms with E-state index in [0.29, 0.717) is 55.0 Å². The van der Waals surface area contributed by atoms with Gasteiger partial charge in [-0.15, -0.1) is 0 Å². The molecule has 0 saturated heterocycles. The molecule has 3 aromatic carbocycles. The predicted molar refractivity (Wildman–Crippen MR) is 175 cm³/mol. The van der Waals surface area contributed by atoms with Crippen LogP contribution in [0.5, 0.6) is 5.75 Å². The zero-order valence-electron chi connectivity index (χ0n) is 24.1. The summed E-state index contributed by atoms with van der Waals surface area (Å²) in [5.41, 5.74) is 3.42. The van der Waals surface area contributed by atoms with E-state index in [2.05, 4.69) is 31.9 Å². The second-order valence-corrected chi connectivity index (χ2v) is 12.5. The van der Waals surface area contributed by atoms with Crippen LogP contribution in [0.15, 0.2) is 96.7 Å². The van der Waals surface area contributed by atoms with Crippen molar-refractivity contribution in [3.8, 4) is 5.75 Å². The van der Waals surface area contributed by atoms with Crippen LogP contribution in [0.3, 0.4) is 0 Å². The number of esters is 2. The fourth-order valence-corrected chi connectivity index (χ4v) is 7.29. The minimum Gasteiger partial charge on any atom is -0.487 e. The largest absolute Gasteiger partial charge is 0.487 e. The Bertz CT molecular complexity index is 1930. The second kappa shape index (κ2) is 13.9. The number of carbonyl (C=O) groups is 2. The van der Waals surface area contributed by atoms with E-state index in [0.717, 1.165) is 15.6 Å². The fraction of sp³-hybridized carbons (Fsp3) is 0.212. The number of aromatic nitrogens is 1. The highest BCUT2D eigenvalue weighted by atomic mass is 79.9. The summed E-state index contributed by atoms with van der Waals surface area (Å²) >= 11 is 8.41. The monoisotopic (exact) mass is 738 g/mol. The van der Waals surface area contributed by atoms with E-state index in [9.17, 15) is 14.4 Å². The number of hydrogen-bond donors (Lipinski definition) is 0. The zero-order valence-corrected chi connectivity index (χ0v) is 28.1. The number of hydrogen-bond acceptors (Lipinski definition) is 8. The predicted octanol–water partition coefficient (Wildman–Crippen LogP) is 6.08. The fourth-order valence-electron chi connectivity index (χ4n) is 4.90. The molecule has 5 rings (SSSR count).